The molecule has 0 saturated carbocycles. The maximum Gasteiger partial charge on any atom is 0.226 e. The van der Waals surface area contributed by atoms with Crippen LogP contribution in [0.4, 0.5) is 11.1 Å². The van der Waals surface area contributed by atoms with Gasteiger partial charge in [0.25, 0.3) is 0 Å². The van der Waals surface area contributed by atoms with Crippen molar-refractivity contribution >= 4 is 34.0 Å². The Labute approximate surface area is 180 Å². The minimum atomic E-state index is 0.625. The Balaban J connectivity index is 1.58. The van der Waals surface area contributed by atoms with Crippen molar-refractivity contribution in [3.8, 4) is 11.3 Å². The molecule has 1 aliphatic rings. The third-order valence-corrected chi connectivity index (χ3v) is 6.35. The minimum absolute atomic E-state index is 0.625. The molecule has 1 aromatic carbocycles. The average molecular weight is 429 g/mol. The van der Waals surface area contributed by atoms with Crippen molar-refractivity contribution in [2.75, 3.05) is 43.9 Å². The molecule has 2 N–H and O–H groups in total. The number of piperazine rings is 1. The lowest BCUT2D eigenvalue weighted by atomic mass is 10.1. The Morgan fingerprint density at radius 1 is 1.10 bits per heavy atom. The molecule has 1 fully saturated rings. The molecule has 0 spiro atoms. The number of benzene rings is 1. The number of likely N-dealkylation sites (N-methyl/N-ethyl adjacent to an activating group) is 1. The van der Waals surface area contributed by atoms with Gasteiger partial charge in [-0.1, -0.05) is 29.8 Å². The number of aryl methyl sites for hydroxylation is 2. The standard InChI is InChI=1S/C21H25ClN6S/c1-27-9-11-28(12-10-27)21-25-15(5-4-6-16-14-24-20(23)29-16)13-19(26-21)17-7-2-3-8-18(17)22/h2-3,7-8,13-14H,4-6,9-12H2,1H3,(H2,23,24). The summed E-state index contributed by atoms with van der Waals surface area (Å²) in [6.07, 6.45) is 4.68. The molecule has 0 atom stereocenters. The number of hydrogen-bond acceptors (Lipinski definition) is 7. The van der Waals surface area contributed by atoms with Crippen molar-refractivity contribution in [3.05, 3.63) is 52.1 Å². The number of aromatic nitrogens is 3. The highest BCUT2D eigenvalue weighted by Crippen LogP contribution is 2.28. The summed E-state index contributed by atoms with van der Waals surface area (Å²) in [5, 5.41) is 1.34. The van der Waals surface area contributed by atoms with Gasteiger partial charge in [-0.15, -0.1) is 11.3 Å². The fraction of sp³-hybridized carbons (Fsp3) is 0.381. The molecule has 3 heterocycles. The van der Waals surface area contributed by atoms with E-state index in [0.29, 0.717) is 10.2 Å². The predicted octanol–water partition coefficient (Wildman–Crippen LogP) is 3.76. The van der Waals surface area contributed by atoms with E-state index in [4.69, 9.17) is 27.3 Å². The lowest BCUT2D eigenvalue weighted by molar-refractivity contribution is 0.311. The van der Waals surface area contributed by atoms with Gasteiger partial charge >= 0.3 is 0 Å². The highest BCUT2D eigenvalue weighted by atomic mass is 35.5. The Morgan fingerprint density at radius 3 is 2.62 bits per heavy atom. The normalized spacial score (nSPS) is 15.0. The van der Waals surface area contributed by atoms with Crippen LogP contribution in [0.3, 0.4) is 0 Å². The largest absolute Gasteiger partial charge is 0.375 e. The monoisotopic (exact) mass is 428 g/mol. The number of nitrogens with zero attached hydrogens (tertiary/aromatic N) is 5. The highest BCUT2D eigenvalue weighted by Gasteiger charge is 2.19. The fourth-order valence-electron chi connectivity index (χ4n) is 3.45. The van der Waals surface area contributed by atoms with Crippen molar-refractivity contribution in [2.45, 2.75) is 19.3 Å². The Bertz CT molecular complexity index is 967. The molecule has 1 saturated heterocycles. The first-order valence-electron chi connectivity index (χ1n) is 9.85. The number of nitrogen functional groups attached to an aromatic ring is 1. The van der Waals surface area contributed by atoms with Crippen molar-refractivity contribution in [1.82, 2.24) is 19.9 Å². The van der Waals surface area contributed by atoms with Crippen LogP contribution in [0.2, 0.25) is 5.02 Å². The number of anilines is 2. The van der Waals surface area contributed by atoms with E-state index in [-0.39, 0.29) is 0 Å². The lowest BCUT2D eigenvalue weighted by Crippen LogP contribution is -2.45. The summed E-state index contributed by atoms with van der Waals surface area (Å²) >= 11 is 8.01. The van der Waals surface area contributed by atoms with E-state index in [1.807, 2.05) is 30.5 Å². The highest BCUT2D eigenvalue weighted by molar-refractivity contribution is 7.15. The second kappa shape index (κ2) is 9.07. The third kappa shape index (κ3) is 5.04. The number of rotatable bonds is 6. The zero-order valence-corrected chi connectivity index (χ0v) is 18.1. The number of hydrogen-bond donors (Lipinski definition) is 1. The number of thiazole rings is 1. The summed E-state index contributed by atoms with van der Waals surface area (Å²) in [5.41, 5.74) is 8.61. The number of nitrogens with two attached hydrogens (primary N) is 1. The van der Waals surface area contributed by atoms with Crippen LogP contribution in [-0.4, -0.2) is 53.1 Å². The molecular formula is C21H25ClN6S. The Morgan fingerprint density at radius 2 is 1.90 bits per heavy atom. The van der Waals surface area contributed by atoms with Gasteiger partial charge in [-0.25, -0.2) is 15.0 Å². The molecule has 0 aliphatic carbocycles. The van der Waals surface area contributed by atoms with Gasteiger partial charge in [0.2, 0.25) is 5.95 Å². The average Bonchev–Trinajstić information content (AvgIpc) is 3.14. The quantitative estimate of drug-likeness (QED) is 0.644. The smallest absolute Gasteiger partial charge is 0.226 e. The van der Waals surface area contributed by atoms with Crippen LogP contribution in [0, 0.1) is 0 Å². The molecule has 2 aromatic heterocycles. The van der Waals surface area contributed by atoms with E-state index in [0.717, 1.165) is 68.3 Å². The minimum Gasteiger partial charge on any atom is -0.375 e. The summed E-state index contributed by atoms with van der Waals surface area (Å²) in [6, 6.07) is 9.93. The molecule has 152 valence electrons. The fourth-order valence-corrected chi connectivity index (χ4v) is 4.41. The predicted molar refractivity (Wildman–Crippen MR) is 121 cm³/mol. The van der Waals surface area contributed by atoms with Crippen LogP contribution in [-0.2, 0) is 12.8 Å². The molecule has 29 heavy (non-hydrogen) atoms. The van der Waals surface area contributed by atoms with Crippen molar-refractivity contribution in [1.29, 1.82) is 0 Å². The van der Waals surface area contributed by atoms with Gasteiger partial charge in [-0.05, 0) is 38.4 Å². The van der Waals surface area contributed by atoms with Crippen LogP contribution in [0.5, 0.6) is 0 Å². The molecule has 3 aromatic rings. The zero-order valence-electron chi connectivity index (χ0n) is 16.5. The second-order valence-electron chi connectivity index (χ2n) is 7.33. The third-order valence-electron chi connectivity index (χ3n) is 5.13. The van der Waals surface area contributed by atoms with Crippen molar-refractivity contribution in [2.24, 2.45) is 0 Å². The molecule has 1 aliphatic heterocycles. The molecular weight excluding hydrogens is 404 g/mol. The maximum absolute atomic E-state index is 6.46. The van der Waals surface area contributed by atoms with E-state index >= 15 is 0 Å². The summed E-state index contributed by atoms with van der Waals surface area (Å²) in [7, 11) is 2.15. The first kappa shape index (κ1) is 20.1. The molecule has 0 radical (unpaired) electrons. The van der Waals surface area contributed by atoms with Gasteiger partial charge in [0.15, 0.2) is 5.13 Å². The zero-order chi connectivity index (χ0) is 20.2. The van der Waals surface area contributed by atoms with Crippen molar-refractivity contribution in [3.63, 3.8) is 0 Å². The van der Waals surface area contributed by atoms with Gasteiger partial charge in [0, 0.05) is 53.5 Å². The maximum atomic E-state index is 6.46. The molecule has 6 nitrogen and oxygen atoms in total. The summed E-state index contributed by atoms with van der Waals surface area (Å²) < 4.78 is 0. The molecule has 0 unspecified atom stereocenters. The molecule has 0 bridgehead atoms. The van der Waals surface area contributed by atoms with E-state index in [9.17, 15) is 0 Å². The summed E-state index contributed by atoms with van der Waals surface area (Å²) in [5.74, 6) is 0.799. The van der Waals surface area contributed by atoms with Gasteiger partial charge < -0.3 is 15.5 Å². The van der Waals surface area contributed by atoms with E-state index in [1.165, 1.54) is 4.88 Å². The van der Waals surface area contributed by atoms with Gasteiger partial charge in [0.05, 0.1) is 5.69 Å². The topological polar surface area (TPSA) is 71.2 Å². The van der Waals surface area contributed by atoms with Crippen LogP contribution >= 0.6 is 22.9 Å². The van der Waals surface area contributed by atoms with Gasteiger partial charge in [-0.3, -0.25) is 0 Å². The lowest BCUT2D eigenvalue weighted by Gasteiger charge is -2.32. The van der Waals surface area contributed by atoms with E-state index in [1.54, 1.807) is 11.3 Å². The number of halogens is 1. The Kier molecular flexibility index (Phi) is 6.28. The van der Waals surface area contributed by atoms with E-state index < -0.39 is 0 Å². The first-order chi connectivity index (χ1) is 14.1. The summed E-state index contributed by atoms with van der Waals surface area (Å²) in [4.78, 5) is 19.7. The summed E-state index contributed by atoms with van der Waals surface area (Å²) in [6.45, 7) is 3.90. The molecule has 4 rings (SSSR count). The molecule has 0 amide bonds. The SMILES string of the molecule is CN1CCN(c2nc(CCCc3cnc(N)s3)cc(-c3ccccc3Cl)n2)CC1. The van der Waals surface area contributed by atoms with Crippen molar-refractivity contribution < 1.29 is 0 Å². The first-order valence-corrected chi connectivity index (χ1v) is 11.0. The van der Waals surface area contributed by atoms with Gasteiger partial charge in [0.1, 0.15) is 0 Å². The second-order valence-corrected chi connectivity index (χ2v) is 8.89. The van der Waals surface area contributed by atoms with Crippen LogP contribution < -0.4 is 10.6 Å². The van der Waals surface area contributed by atoms with Crippen LogP contribution in [0.1, 0.15) is 17.0 Å². The van der Waals surface area contributed by atoms with Gasteiger partial charge in [-0.2, -0.15) is 0 Å². The van der Waals surface area contributed by atoms with Crippen LogP contribution in [0.15, 0.2) is 36.5 Å². The molecule has 8 heteroatoms. The van der Waals surface area contributed by atoms with Crippen LogP contribution in [0.25, 0.3) is 11.3 Å². The Hall–Kier alpha value is -2.22. The van der Waals surface area contributed by atoms with E-state index in [2.05, 4.69) is 27.9 Å².